The molecular formula is C124H164N10O6. The molecule has 0 aliphatic carbocycles. The van der Waals surface area contributed by atoms with Crippen molar-refractivity contribution in [1.82, 2.24) is 19.9 Å². The molecule has 5 aromatic carbocycles. The Labute approximate surface area is 841 Å². The number of rotatable bonds is 67. The fourth-order valence-electron chi connectivity index (χ4n) is 18.7. The van der Waals surface area contributed by atoms with Crippen molar-refractivity contribution in [1.29, 1.82) is 21.0 Å². The lowest BCUT2D eigenvalue weighted by molar-refractivity contribution is 0.234. The molecule has 0 saturated carbocycles. The molecule has 3 aromatic heterocycles. The lowest BCUT2D eigenvalue weighted by atomic mass is 9.86. The average Bonchev–Trinajstić information content (AvgIpc) is 1.55. The first-order valence-electron chi connectivity index (χ1n) is 54.4. The van der Waals surface area contributed by atoms with E-state index in [9.17, 15) is 21.0 Å². The first-order valence-corrected chi connectivity index (χ1v) is 54.4. The summed E-state index contributed by atoms with van der Waals surface area (Å²) in [5, 5.41) is 45.7. The molecule has 16 nitrogen and oxygen atoms in total. The zero-order valence-corrected chi connectivity index (χ0v) is 87.1. The van der Waals surface area contributed by atoms with E-state index in [2.05, 4.69) is 171 Å². The van der Waals surface area contributed by atoms with Crippen LogP contribution in [0.5, 0.6) is 34.5 Å². The number of nitrogens with zero attached hydrogens (tertiary/aromatic N) is 8. The third kappa shape index (κ3) is 35.1. The third-order valence-electron chi connectivity index (χ3n) is 26.9. The van der Waals surface area contributed by atoms with E-state index in [1.807, 2.05) is 87.7 Å². The van der Waals surface area contributed by atoms with Gasteiger partial charge in [-0.25, -0.2) is 9.97 Å². The Kier molecular flexibility index (Phi) is 50.1. The van der Waals surface area contributed by atoms with E-state index < -0.39 is 0 Å². The summed E-state index contributed by atoms with van der Waals surface area (Å²) in [5.74, 6) is 10.9. The molecule has 16 heteroatoms. The van der Waals surface area contributed by atoms with Crippen LogP contribution in [0.2, 0.25) is 0 Å². The number of anilines is 2. The Morgan fingerprint density at radius 1 is 0.300 bits per heavy atom. The van der Waals surface area contributed by atoms with Gasteiger partial charge in [0.2, 0.25) is 11.5 Å². The van der Waals surface area contributed by atoms with Gasteiger partial charge >= 0.3 is 0 Å². The van der Waals surface area contributed by atoms with Crippen LogP contribution in [0.4, 0.5) is 11.4 Å². The average molecular weight is 1890 g/mol. The van der Waals surface area contributed by atoms with Gasteiger partial charge in [0.1, 0.15) is 35.4 Å². The summed E-state index contributed by atoms with van der Waals surface area (Å²) in [6, 6.07) is 49.5. The molecule has 2 aliphatic heterocycles. The van der Waals surface area contributed by atoms with Gasteiger partial charge in [0.15, 0.2) is 23.0 Å². The molecule has 2 N–H and O–H groups in total. The molecule has 0 radical (unpaired) electrons. The fourth-order valence-corrected chi connectivity index (χ4v) is 18.7. The molecule has 0 atom stereocenters. The van der Waals surface area contributed by atoms with Crippen LogP contribution in [0.15, 0.2) is 127 Å². The smallest absolute Gasteiger partial charge is 0.203 e. The van der Waals surface area contributed by atoms with Crippen LogP contribution in [-0.4, -0.2) is 87.8 Å². The first-order chi connectivity index (χ1) is 68.8. The minimum atomic E-state index is -0.187. The van der Waals surface area contributed by atoms with E-state index in [0.717, 1.165) is 144 Å². The predicted molar refractivity (Wildman–Crippen MR) is 587 cm³/mol. The number of H-pyrrole nitrogens is 2. The van der Waals surface area contributed by atoms with Crippen molar-refractivity contribution in [2.24, 2.45) is 0 Å². The number of nitriles is 4. The van der Waals surface area contributed by atoms with E-state index in [1.54, 1.807) is 12.1 Å². The maximum Gasteiger partial charge on any atom is 0.203 e. The fraction of sp³-hybridized carbons (Fsp3) is 0.516. The number of aromatic amines is 2. The van der Waals surface area contributed by atoms with Crippen LogP contribution >= 0.6 is 0 Å². The van der Waals surface area contributed by atoms with Gasteiger partial charge < -0.3 is 48.2 Å². The van der Waals surface area contributed by atoms with Crippen molar-refractivity contribution in [2.75, 3.05) is 77.6 Å². The maximum absolute atomic E-state index is 12.0. The van der Waals surface area contributed by atoms with Gasteiger partial charge in [-0.3, -0.25) is 0 Å². The highest BCUT2D eigenvalue weighted by atomic mass is 16.5. The molecule has 746 valence electrons. The van der Waals surface area contributed by atoms with Gasteiger partial charge in [0.25, 0.3) is 0 Å². The zero-order chi connectivity index (χ0) is 98.9. The number of ether oxygens (including phenoxy) is 6. The number of allylic oxidation sites excluding steroid dienone is 2. The van der Waals surface area contributed by atoms with Crippen molar-refractivity contribution in [3.05, 3.63) is 182 Å². The second-order valence-corrected chi connectivity index (χ2v) is 38.7. The number of hydrogen-bond donors (Lipinski definition) is 2. The van der Waals surface area contributed by atoms with Crippen molar-refractivity contribution in [2.45, 2.75) is 350 Å². The maximum atomic E-state index is 12.0. The van der Waals surface area contributed by atoms with Crippen molar-refractivity contribution in [3.8, 4) is 92.9 Å². The van der Waals surface area contributed by atoms with Gasteiger partial charge in [-0.1, -0.05) is 359 Å². The Morgan fingerprint density at radius 3 is 0.950 bits per heavy atom. The van der Waals surface area contributed by atoms with Gasteiger partial charge in [0.05, 0.1) is 73.5 Å². The molecule has 0 fully saturated rings. The zero-order valence-electron chi connectivity index (χ0n) is 87.1. The third-order valence-corrected chi connectivity index (χ3v) is 26.9. The van der Waals surface area contributed by atoms with Gasteiger partial charge in [0, 0.05) is 89.2 Å². The van der Waals surface area contributed by atoms with Crippen molar-refractivity contribution < 1.29 is 28.4 Å². The van der Waals surface area contributed by atoms with Crippen LogP contribution < -0.4 is 48.7 Å². The quantitative estimate of drug-likeness (QED) is 0.0206. The number of nitrogens with one attached hydrogen (secondary N) is 2. The van der Waals surface area contributed by atoms with E-state index >= 15 is 0 Å². The predicted octanol–water partition coefficient (Wildman–Crippen LogP) is 32.5. The molecule has 5 heterocycles. The highest BCUT2D eigenvalue weighted by Gasteiger charge is 2.29. The summed E-state index contributed by atoms with van der Waals surface area (Å²) in [7, 11) is 8.08. The summed E-state index contributed by atoms with van der Waals surface area (Å²) in [6.45, 7) is 16.5. The molecule has 10 rings (SSSR count). The van der Waals surface area contributed by atoms with Gasteiger partial charge in [-0.2, -0.15) is 21.0 Å². The normalized spacial score (nSPS) is 11.3. The number of benzene rings is 5. The molecule has 0 amide bonds. The molecular weight excluding hydrogens is 1730 g/mol. The molecule has 0 unspecified atom stereocenters. The van der Waals surface area contributed by atoms with E-state index in [4.69, 9.17) is 38.4 Å². The first kappa shape index (κ1) is 110. The van der Waals surface area contributed by atoms with Crippen molar-refractivity contribution in [3.63, 3.8) is 0 Å². The summed E-state index contributed by atoms with van der Waals surface area (Å²) >= 11 is 0. The SMILES string of the molecule is CCCCCCCCCCOc1cc(-c2c3nc(c(C(=C(C#N)C#N)C(c4ccc(N(C)C)cc4)=c4ccc(=C(C#N)C#N)cc4)c4ccc([nH]4)c(-c4cc(OCCCCCCCCCC)c(OCCCCCCCCCC)c(OCCCCCCCCCC)c4)c4nc(c(C#Cc5ccc(N(C)C)cc5)c5ccc2[nH]5)C=C4)C=C3)cc(OCCCCCCCCCC)c1OCCCCCCCCCC. The van der Waals surface area contributed by atoms with Gasteiger partial charge in [-0.15, -0.1) is 0 Å². The molecule has 140 heavy (non-hydrogen) atoms. The Balaban J connectivity index is 1.33. The van der Waals surface area contributed by atoms with Crippen LogP contribution in [0.1, 0.15) is 395 Å². The van der Waals surface area contributed by atoms with Gasteiger partial charge in [-0.05, 0) is 175 Å². The second kappa shape index (κ2) is 63.7. The van der Waals surface area contributed by atoms with E-state index in [-0.39, 0.29) is 16.7 Å². The number of fused-ring (bicyclic) bond motifs is 8. The summed E-state index contributed by atoms with van der Waals surface area (Å²) in [5.41, 5.74) is 12.9. The highest BCUT2D eigenvalue weighted by Crippen LogP contribution is 2.48. The molecule has 8 aromatic rings. The number of hydrogen-bond acceptors (Lipinski definition) is 14. The molecule has 0 saturated heterocycles. The van der Waals surface area contributed by atoms with Crippen LogP contribution in [-0.2, 0) is 0 Å². The number of aromatic nitrogens is 4. The molecule has 8 bridgehead atoms. The second-order valence-electron chi connectivity index (χ2n) is 38.7. The number of unbranched alkanes of at least 4 members (excludes halogenated alkanes) is 42. The highest BCUT2D eigenvalue weighted by molar-refractivity contribution is 6.13. The van der Waals surface area contributed by atoms with E-state index in [0.29, 0.717) is 163 Å². The lowest BCUT2D eigenvalue weighted by Crippen LogP contribution is -2.15. The Hall–Kier alpha value is -11.9. The Bertz CT molecular complexity index is 5530. The van der Waals surface area contributed by atoms with Crippen molar-refractivity contribution >= 4 is 74.5 Å². The Morgan fingerprint density at radius 2 is 0.600 bits per heavy atom. The van der Waals surface area contributed by atoms with E-state index in [1.165, 1.54) is 193 Å². The summed E-state index contributed by atoms with van der Waals surface area (Å²) < 4.78 is 43.1. The minimum Gasteiger partial charge on any atom is -0.490 e. The summed E-state index contributed by atoms with van der Waals surface area (Å²) in [4.78, 5) is 24.0. The summed E-state index contributed by atoms with van der Waals surface area (Å²) in [6.07, 6.45) is 63.4. The standard InChI is InChI=1S/C124H164N10O6/c1-11-17-23-29-35-41-47-53-81-135-114-87-99(88-115(136-82-54-48-42-36-30-24-18-12-2)123(114)139-85-57-51-45-39-33-27-21-15-5)119-108-75-73-106(129-108)105(72-61-95-59-68-103(69-60-95)133(7)8)107-74-76-109(130-107)120(100-89-116(137-83-55-49-43-37-31-25-19-13-3)124(140-86-58-52-46-40-34-28-22-16-6)117(90-100)138-84-56-50-44-38-32-26-20-14-4)111-78-80-113(132-111)122(112-79-77-110(119)131-112)121(102(93-127)94-128)118(98-66-70-104(71-67-98)134(9)10)97-64-62-96(63-65-97)101(91-125)92-126/h59-60,62-71,73-80,87-90,129,132H,11-58,81-86H2,1-10H3. The minimum absolute atomic E-state index is 0.0540. The van der Waals surface area contributed by atoms with Crippen LogP contribution in [0.3, 0.4) is 0 Å². The van der Waals surface area contributed by atoms with Crippen LogP contribution in [0, 0.1) is 57.2 Å². The monoisotopic (exact) mass is 1890 g/mol. The largest absolute Gasteiger partial charge is 0.490 e. The van der Waals surface area contributed by atoms with Crippen LogP contribution in [0.25, 0.3) is 85.3 Å². The molecule has 2 aliphatic rings. The lowest BCUT2D eigenvalue weighted by Gasteiger charge is -2.19. The topological polar surface area (TPSA) is 214 Å². The molecule has 0 spiro atoms.